The molecule has 0 aromatic carbocycles. The van der Waals surface area contributed by atoms with E-state index in [9.17, 15) is 9.59 Å². The fraction of sp³-hybridized carbons (Fsp3) is 0.455. The average Bonchev–Trinajstić information content (AvgIpc) is 2.23. The summed E-state index contributed by atoms with van der Waals surface area (Å²) < 4.78 is 0. The number of nitrogens with one attached hydrogen (secondary N) is 2. The largest absolute Gasteiger partial charge is 0.352 e. The maximum Gasteiger partial charge on any atom is 0.261 e. The minimum Gasteiger partial charge on any atom is -0.352 e. The molecular weight excluding hydrogens is 228 g/mol. The second-order valence-corrected chi connectivity index (χ2v) is 4.00. The van der Waals surface area contributed by atoms with E-state index in [2.05, 4.69) is 10.3 Å². The maximum atomic E-state index is 11.6. The number of aromatic amines is 1. The number of amides is 1. The van der Waals surface area contributed by atoms with Crippen LogP contribution in [0, 0.1) is 6.92 Å². The van der Waals surface area contributed by atoms with Crippen molar-refractivity contribution in [1.82, 2.24) is 10.3 Å². The van der Waals surface area contributed by atoms with Gasteiger partial charge in [0.2, 0.25) is 0 Å². The monoisotopic (exact) mass is 242 g/mol. The van der Waals surface area contributed by atoms with Gasteiger partial charge in [0.05, 0.1) is 5.02 Å². The molecule has 1 aromatic heterocycles. The van der Waals surface area contributed by atoms with Gasteiger partial charge < -0.3 is 10.3 Å². The SMILES string of the molecule is CCCCNC(=O)c1cc(Cl)c(C)[nH]c1=O. The summed E-state index contributed by atoms with van der Waals surface area (Å²) in [5.74, 6) is -0.378. The standard InChI is InChI=1S/C11H15ClN2O2/c1-3-4-5-13-10(15)8-6-9(12)7(2)14-11(8)16/h6H,3-5H2,1-2H3,(H,13,15)(H,14,16). The molecule has 0 aliphatic carbocycles. The third-order valence-electron chi connectivity index (χ3n) is 2.24. The fourth-order valence-corrected chi connectivity index (χ4v) is 1.40. The molecule has 4 nitrogen and oxygen atoms in total. The maximum absolute atomic E-state index is 11.6. The van der Waals surface area contributed by atoms with E-state index in [-0.39, 0.29) is 11.5 Å². The highest BCUT2D eigenvalue weighted by Crippen LogP contribution is 2.11. The highest BCUT2D eigenvalue weighted by molar-refractivity contribution is 6.31. The summed E-state index contributed by atoms with van der Waals surface area (Å²) in [6.45, 7) is 4.28. The zero-order chi connectivity index (χ0) is 12.1. The van der Waals surface area contributed by atoms with Crippen LogP contribution in [0.5, 0.6) is 0 Å². The van der Waals surface area contributed by atoms with E-state index in [4.69, 9.17) is 11.6 Å². The van der Waals surface area contributed by atoms with Crippen LogP contribution in [0.2, 0.25) is 5.02 Å². The number of carbonyl (C=O) groups is 1. The van der Waals surface area contributed by atoms with Crippen molar-refractivity contribution in [3.8, 4) is 0 Å². The van der Waals surface area contributed by atoms with Gasteiger partial charge in [-0.1, -0.05) is 24.9 Å². The van der Waals surface area contributed by atoms with Gasteiger partial charge in [-0.15, -0.1) is 0 Å². The van der Waals surface area contributed by atoms with E-state index in [1.807, 2.05) is 6.92 Å². The van der Waals surface area contributed by atoms with Crippen LogP contribution in [0.4, 0.5) is 0 Å². The minimum absolute atomic E-state index is 0.0618. The van der Waals surface area contributed by atoms with E-state index < -0.39 is 5.56 Å². The zero-order valence-electron chi connectivity index (χ0n) is 9.39. The first-order chi connectivity index (χ1) is 7.56. The number of carbonyl (C=O) groups excluding carboxylic acids is 1. The molecule has 0 spiro atoms. The number of halogens is 1. The van der Waals surface area contributed by atoms with Crippen LogP contribution in [0.3, 0.4) is 0 Å². The molecule has 2 N–H and O–H groups in total. The van der Waals surface area contributed by atoms with Crippen LogP contribution in [-0.4, -0.2) is 17.4 Å². The van der Waals surface area contributed by atoms with E-state index >= 15 is 0 Å². The van der Waals surface area contributed by atoms with E-state index in [0.29, 0.717) is 17.3 Å². The topological polar surface area (TPSA) is 62.0 Å². The lowest BCUT2D eigenvalue weighted by Gasteiger charge is -2.05. The Balaban J connectivity index is 2.84. The van der Waals surface area contributed by atoms with Crippen molar-refractivity contribution in [3.05, 3.63) is 32.7 Å². The summed E-state index contributed by atoms with van der Waals surface area (Å²) in [6, 6.07) is 1.40. The molecule has 0 aliphatic rings. The van der Waals surface area contributed by atoms with Gasteiger partial charge >= 0.3 is 0 Å². The average molecular weight is 243 g/mol. The first kappa shape index (κ1) is 12.8. The Labute approximate surface area is 99.0 Å². The fourth-order valence-electron chi connectivity index (χ4n) is 1.24. The van der Waals surface area contributed by atoms with Crippen molar-refractivity contribution in [1.29, 1.82) is 0 Å². The van der Waals surface area contributed by atoms with Crippen molar-refractivity contribution in [2.24, 2.45) is 0 Å². The normalized spacial score (nSPS) is 10.2. The van der Waals surface area contributed by atoms with Crippen LogP contribution in [0.15, 0.2) is 10.9 Å². The first-order valence-corrected chi connectivity index (χ1v) is 5.61. The zero-order valence-corrected chi connectivity index (χ0v) is 10.1. The van der Waals surface area contributed by atoms with E-state index in [1.165, 1.54) is 6.07 Å². The Morgan fingerprint density at radius 2 is 2.25 bits per heavy atom. The number of hydrogen-bond acceptors (Lipinski definition) is 2. The summed E-state index contributed by atoms with van der Waals surface area (Å²) >= 11 is 5.84. The van der Waals surface area contributed by atoms with Crippen molar-refractivity contribution < 1.29 is 4.79 Å². The molecule has 0 unspecified atom stereocenters. The van der Waals surface area contributed by atoms with E-state index in [1.54, 1.807) is 6.92 Å². The Bertz CT molecular complexity index is 440. The third kappa shape index (κ3) is 3.10. The molecule has 88 valence electrons. The molecule has 0 bridgehead atoms. The quantitative estimate of drug-likeness (QED) is 0.792. The second kappa shape index (κ2) is 5.70. The number of aromatic nitrogens is 1. The lowest BCUT2D eigenvalue weighted by Crippen LogP contribution is -2.30. The molecule has 1 amide bonds. The molecule has 0 saturated carbocycles. The number of H-pyrrole nitrogens is 1. The highest BCUT2D eigenvalue weighted by Gasteiger charge is 2.11. The Kier molecular flexibility index (Phi) is 4.55. The smallest absolute Gasteiger partial charge is 0.261 e. The summed E-state index contributed by atoms with van der Waals surface area (Å²) in [7, 11) is 0. The Morgan fingerprint density at radius 3 is 2.88 bits per heavy atom. The van der Waals surface area contributed by atoms with Gasteiger partial charge in [0.25, 0.3) is 11.5 Å². The number of aryl methyl sites for hydroxylation is 1. The molecule has 0 fully saturated rings. The van der Waals surface area contributed by atoms with Gasteiger partial charge in [-0.25, -0.2) is 0 Å². The Morgan fingerprint density at radius 1 is 1.56 bits per heavy atom. The molecule has 16 heavy (non-hydrogen) atoms. The molecule has 1 rings (SSSR count). The summed E-state index contributed by atoms with van der Waals surface area (Å²) in [6.07, 6.45) is 1.88. The van der Waals surface area contributed by atoms with Crippen molar-refractivity contribution in [2.45, 2.75) is 26.7 Å². The number of rotatable bonds is 4. The van der Waals surface area contributed by atoms with Crippen LogP contribution in [0.25, 0.3) is 0 Å². The first-order valence-electron chi connectivity index (χ1n) is 5.24. The predicted molar refractivity (Wildman–Crippen MR) is 64.1 cm³/mol. The molecule has 5 heteroatoms. The van der Waals surface area contributed by atoms with Crippen LogP contribution >= 0.6 is 11.6 Å². The molecule has 0 saturated heterocycles. The molecular formula is C11H15ClN2O2. The number of unbranched alkanes of at least 4 members (excludes halogenated alkanes) is 1. The number of hydrogen-bond donors (Lipinski definition) is 2. The summed E-state index contributed by atoms with van der Waals surface area (Å²) in [5.41, 5.74) is 0.222. The third-order valence-corrected chi connectivity index (χ3v) is 2.63. The van der Waals surface area contributed by atoms with Gasteiger partial charge in [0.1, 0.15) is 5.56 Å². The van der Waals surface area contributed by atoms with Crippen molar-refractivity contribution in [3.63, 3.8) is 0 Å². The van der Waals surface area contributed by atoms with Gasteiger partial charge in [-0.2, -0.15) is 0 Å². The van der Waals surface area contributed by atoms with Crippen molar-refractivity contribution in [2.75, 3.05) is 6.54 Å². The van der Waals surface area contributed by atoms with Gasteiger partial charge in [-0.3, -0.25) is 9.59 Å². The van der Waals surface area contributed by atoms with Crippen LogP contribution in [-0.2, 0) is 0 Å². The van der Waals surface area contributed by atoms with Crippen LogP contribution < -0.4 is 10.9 Å². The van der Waals surface area contributed by atoms with Crippen LogP contribution in [0.1, 0.15) is 35.8 Å². The molecule has 0 atom stereocenters. The summed E-state index contributed by atoms with van der Waals surface area (Å²) in [4.78, 5) is 25.6. The minimum atomic E-state index is -0.407. The molecule has 1 aromatic rings. The van der Waals surface area contributed by atoms with Crippen molar-refractivity contribution >= 4 is 17.5 Å². The van der Waals surface area contributed by atoms with Gasteiger partial charge in [-0.05, 0) is 19.4 Å². The molecule has 0 aliphatic heterocycles. The molecule has 0 radical (unpaired) electrons. The lowest BCUT2D eigenvalue weighted by molar-refractivity contribution is 0.0951. The lowest BCUT2D eigenvalue weighted by atomic mass is 10.2. The predicted octanol–water partition coefficient (Wildman–Crippen LogP) is 1.87. The highest BCUT2D eigenvalue weighted by atomic mass is 35.5. The summed E-state index contributed by atoms with van der Waals surface area (Å²) in [5, 5.41) is 3.06. The molecule has 1 heterocycles. The van der Waals surface area contributed by atoms with E-state index in [0.717, 1.165) is 12.8 Å². The Hall–Kier alpha value is -1.29. The van der Waals surface area contributed by atoms with Gasteiger partial charge in [0, 0.05) is 12.2 Å². The number of pyridine rings is 1. The second-order valence-electron chi connectivity index (χ2n) is 3.59. The van der Waals surface area contributed by atoms with Gasteiger partial charge in [0.15, 0.2) is 0 Å².